The van der Waals surface area contributed by atoms with Crippen molar-refractivity contribution in [2.45, 2.75) is 29.2 Å². The third kappa shape index (κ3) is 2.95. The fraction of sp³-hybridized carbons (Fsp3) is 0.227. The standard InChI is InChI=1S/C22H18N2O5S/c1-27-15-8-6-14(7-9-15)17-12-16(29-23-17)13-28-21(26)22-11-10-20(25)24(22)18-4-2-3-5-19(18)30-22/h2-9,12H,10-11,13H2,1H3. The zero-order valence-electron chi connectivity index (χ0n) is 16.2. The van der Waals surface area contributed by atoms with Crippen molar-refractivity contribution in [1.29, 1.82) is 0 Å². The van der Waals surface area contributed by atoms with Gasteiger partial charge in [-0.15, -0.1) is 0 Å². The molecule has 1 fully saturated rings. The molecule has 0 spiro atoms. The summed E-state index contributed by atoms with van der Waals surface area (Å²) in [6.45, 7) is -0.0529. The third-order valence-electron chi connectivity index (χ3n) is 5.28. The average molecular weight is 422 g/mol. The lowest BCUT2D eigenvalue weighted by molar-refractivity contribution is -0.148. The number of aromatic nitrogens is 1. The normalized spacial score (nSPS) is 19.5. The average Bonchev–Trinajstić information content (AvgIpc) is 3.46. The number of esters is 1. The summed E-state index contributed by atoms with van der Waals surface area (Å²) in [5, 5.41) is 4.05. The van der Waals surface area contributed by atoms with Crippen LogP contribution in [0.5, 0.6) is 5.75 Å². The molecule has 8 heteroatoms. The fourth-order valence-corrected chi connectivity index (χ4v) is 5.21. The van der Waals surface area contributed by atoms with Crippen molar-refractivity contribution >= 4 is 29.3 Å². The monoisotopic (exact) mass is 422 g/mol. The molecule has 3 aromatic rings. The van der Waals surface area contributed by atoms with Crippen LogP contribution in [0.1, 0.15) is 18.6 Å². The molecule has 1 atom stereocenters. The summed E-state index contributed by atoms with van der Waals surface area (Å²) in [6, 6.07) is 16.7. The third-order valence-corrected chi connectivity index (χ3v) is 6.74. The number of para-hydroxylation sites is 1. The van der Waals surface area contributed by atoms with Crippen LogP contribution in [-0.4, -0.2) is 29.0 Å². The van der Waals surface area contributed by atoms with Gasteiger partial charge in [-0.2, -0.15) is 0 Å². The maximum atomic E-state index is 13.1. The number of amides is 1. The summed E-state index contributed by atoms with van der Waals surface area (Å²) < 4.78 is 16.1. The molecular formula is C22H18N2O5S. The first-order valence-electron chi connectivity index (χ1n) is 9.49. The van der Waals surface area contributed by atoms with E-state index in [1.54, 1.807) is 18.1 Å². The summed E-state index contributed by atoms with van der Waals surface area (Å²) in [4.78, 5) is 27.0. The molecule has 0 aliphatic carbocycles. The minimum absolute atomic E-state index is 0.0529. The van der Waals surface area contributed by atoms with Gasteiger partial charge >= 0.3 is 5.97 Å². The van der Waals surface area contributed by atoms with Crippen LogP contribution in [0.3, 0.4) is 0 Å². The minimum atomic E-state index is -1.04. The van der Waals surface area contributed by atoms with E-state index in [2.05, 4.69) is 5.16 Å². The lowest BCUT2D eigenvalue weighted by Crippen LogP contribution is -2.47. The second kappa shape index (κ2) is 7.21. The smallest absolute Gasteiger partial charge is 0.343 e. The minimum Gasteiger partial charge on any atom is -0.497 e. The van der Waals surface area contributed by atoms with E-state index < -0.39 is 10.8 Å². The Bertz CT molecular complexity index is 1130. The summed E-state index contributed by atoms with van der Waals surface area (Å²) in [5.74, 6) is 0.672. The van der Waals surface area contributed by atoms with Crippen molar-refractivity contribution in [2.75, 3.05) is 12.0 Å². The second-order valence-electron chi connectivity index (χ2n) is 7.07. The quantitative estimate of drug-likeness (QED) is 0.574. The van der Waals surface area contributed by atoms with Crippen LogP contribution in [0.15, 0.2) is 64.0 Å². The zero-order chi connectivity index (χ0) is 20.7. The summed E-state index contributed by atoms with van der Waals surface area (Å²) >= 11 is 1.38. The SMILES string of the molecule is COc1ccc(-c2cc(COC(=O)C34CCC(=O)N3c3ccccc3S4)on2)cc1. The number of anilines is 1. The molecule has 3 heterocycles. The number of carbonyl (C=O) groups is 2. The number of carbonyl (C=O) groups excluding carboxylic acids is 2. The number of methoxy groups -OCH3 is 1. The van der Waals surface area contributed by atoms with E-state index in [1.807, 2.05) is 48.5 Å². The highest BCUT2D eigenvalue weighted by Crippen LogP contribution is 2.56. The molecule has 2 aliphatic rings. The van der Waals surface area contributed by atoms with E-state index in [-0.39, 0.29) is 12.5 Å². The lowest BCUT2D eigenvalue weighted by atomic mass is 10.1. The van der Waals surface area contributed by atoms with Gasteiger partial charge in [0.25, 0.3) is 0 Å². The molecule has 1 amide bonds. The van der Waals surface area contributed by atoms with Gasteiger partial charge in [0.05, 0.1) is 12.8 Å². The molecule has 0 N–H and O–H groups in total. The van der Waals surface area contributed by atoms with Crippen LogP contribution in [0.4, 0.5) is 5.69 Å². The summed E-state index contributed by atoms with van der Waals surface area (Å²) in [7, 11) is 1.61. The molecule has 152 valence electrons. The molecule has 1 unspecified atom stereocenters. The van der Waals surface area contributed by atoms with Gasteiger partial charge in [-0.05, 0) is 36.4 Å². The van der Waals surface area contributed by atoms with E-state index in [1.165, 1.54) is 11.8 Å². The van der Waals surface area contributed by atoms with Gasteiger partial charge in [-0.1, -0.05) is 29.1 Å². The number of rotatable bonds is 5. The van der Waals surface area contributed by atoms with Gasteiger partial charge in [0.2, 0.25) is 5.91 Å². The van der Waals surface area contributed by atoms with E-state index in [0.717, 1.165) is 21.9 Å². The number of nitrogens with zero attached hydrogens (tertiary/aromatic N) is 2. The van der Waals surface area contributed by atoms with Gasteiger partial charge < -0.3 is 14.0 Å². The molecule has 2 aliphatic heterocycles. The van der Waals surface area contributed by atoms with Crippen molar-refractivity contribution < 1.29 is 23.6 Å². The molecule has 7 nitrogen and oxygen atoms in total. The molecule has 1 aromatic heterocycles. The zero-order valence-corrected chi connectivity index (χ0v) is 17.0. The molecule has 30 heavy (non-hydrogen) atoms. The Morgan fingerprint density at radius 1 is 1.23 bits per heavy atom. The van der Waals surface area contributed by atoms with Crippen molar-refractivity contribution in [2.24, 2.45) is 0 Å². The van der Waals surface area contributed by atoms with Gasteiger partial charge in [0, 0.05) is 29.4 Å². The van der Waals surface area contributed by atoms with Crippen molar-refractivity contribution in [3.63, 3.8) is 0 Å². The molecule has 1 saturated heterocycles. The molecule has 0 bridgehead atoms. The molecule has 5 rings (SSSR count). The number of benzene rings is 2. The Balaban J connectivity index is 1.31. The largest absolute Gasteiger partial charge is 0.497 e. The highest BCUT2D eigenvalue weighted by atomic mass is 32.2. The number of ether oxygens (including phenoxy) is 2. The highest BCUT2D eigenvalue weighted by molar-refractivity contribution is 8.02. The van der Waals surface area contributed by atoms with Crippen LogP contribution >= 0.6 is 11.8 Å². The Morgan fingerprint density at radius 2 is 2.03 bits per heavy atom. The van der Waals surface area contributed by atoms with E-state index in [9.17, 15) is 9.59 Å². The predicted octanol–water partition coefficient (Wildman–Crippen LogP) is 4.02. The highest BCUT2D eigenvalue weighted by Gasteiger charge is 2.58. The van der Waals surface area contributed by atoms with Crippen LogP contribution in [0.2, 0.25) is 0 Å². The van der Waals surface area contributed by atoms with Crippen molar-refractivity contribution in [3.8, 4) is 17.0 Å². The van der Waals surface area contributed by atoms with E-state index in [4.69, 9.17) is 14.0 Å². The molecule has 0 radical (unpaired) electrons. The van der Waals surface area contributed by atoms with Gasteiger partial charge in [0.15, 0.2) is 17.2 Å². The maximum absolute atomic E-state index is 13.1. The number of thioether (sulfide) groups is 1. The Hall–Kier alpha value is -3.26. The first-order valence-corrected chi connectivity index (χ1v) is 10.3. The maximum Gasteiger partial charge on any atom is 0.343 e. The number of fused-ring (bicyclic) bond motifs is 3. The van der Waals surface area contributed by atoms with Gasteiger partial charge in [-0.25, -0.2) is 4.79 Å². The Labute approximate surface area is 176 Å². The van der Waals surface area contributed by atoms with Gasteiger partial charge in [-0.3, -0.25) is 9.69 Å². The Kier molecular flexibility index (Phi) is 4.51. The summed E-state index contributed by atoms with van der Waals surface area (Å²) in [5.41, 5.74) is 2.27. The molecular weight excluding hydrogens is 404 g/mol. The first kappa shape index (κ1) is 18.7. The second-order valence-corrected chi connectivity index (χ2v) is 8.39. The van der Waals surface area contributed by atoms with E-state index >= 15 is 0 Å². The first-order chi connectivity index (χ1) is 14.6. The number of hydrogen-bond acceptors (Lipinski definition) is 7. The Morgan fingerprint density at radius 3 is 2.83 bits per heavy atom. The molecule has 0 saturated carbocycles. The number of hydrogen-bond donors (Lipinski definition) is 0. The summed E-state index contributed by atoms with van der Waals surface area (Å²) in [6.07, 6.45) is 0.734. The van der Waals surface area contributed by atoms with Crippen LogP contribution in [0, 0.1) is 0 Å². The molecule has 2 aromatic carbocycles. The fourth-order valence-electron chi connectivity index (χ4n) is 3.80. The van der Waals surface area contributed by atoms with Crippen LogP contribution in [0.25, 0.3) is 11.3 Å². The van der Waals surface area contributed by atoms with Crippen LogP contribution in [-0.2, 0) is 20.9 Å². The predicted molar refractivity (Wildman–Crippen MR) is 110 cm³/mol. The lowest BCUT2D eigenvalue weighted by Gasteiger charge is -2.28. The van der Waals surface area contributed by atoms with Crippen molar-refractivity contribution in [3.05, 3.63) is 60.4 Å². The topological polar surface area (TPSA) is 81.9 Å². The van der Waals surface area contributed by atoms with Gasteiger partial charge in [0.1, 0.15) is 11.4 Å². The van der Waals surface area contributed by atoms with Crippen LogP contribution < -0.4 is 9.64 Å². The van der Waals surface area contributed by atoms with E-state index in [0.29, 0.717) is 24.3 Å². The van der Waals surface area contributed by atoms with Crippen molar-refractivity contribution in [1.82, 2.24) is 5.16 Å².